The number of anilines is 3. The monoisotopic (exact) mass is 353 g/mol. The first-order valence-electron chi connectivity index (χ1n) is 9.70. The van der Waals surface area contributed by atoms with Crippen LogP contribution in [0.1, 0.15) is 48.9 Å². The van der Waals surface area contributed by atoms with E-state index in [9.17, 15) is 0 Å². The van der Waals surface area contributed by atoms with Gasteiger partial charge in [-0.3, -0.25) is 0 Å². The Balaban J connectivity index is 1.78. The molecule has 0 bridgehead atoms. The van der Waals surface area contributed by atoms with Crippen LogP contribution in [0.3, 0.4) is 0 Å². The third-order valence-corrected chi connectivity index (χ3v) is 4.80. The third kappa shape index (κ3) is 4.94. The molecule has 1 aromatic heterocycles. The maximum absolute atomic E-state index is 4.74. The van der Waals surface area contributed by atoms with Crippen molar-refractivity contribution in [3.05, 3.63) is 41.1 Å². The first-order valence-corrected chi connectivity index (χ1v) is 9.70. The molecule has 1 aliphatic carbocycles. The van der Waals surface area contributed by atoms with Crippen molar-refractivity contribution < 1.29 is 0 Å². The van der Waals surface area contributed by atoms with Crippen molar-refractivity contribution >= 4 is 17.5 Å². The molecule has 5 nitrogen and oxygen atoms in total. The summed E-state index contributed by atoms with van der Waals surface area (Å²) >= 11 is 0. The van der Waals surface area contributed by atoms with Gasteiger partial charge in [0.25, 0.3) is 0 Å². The van der Waals surface area contributed by atoms with Crippen LogP contribution in [0.2, 0.25) is 0 Å². The predicted molar refractivity (Wildman–Crippen MR) is 110 cm³/mol. The highest BCUT2D eigenvalue weighted by molar-refractivity contribution is 5.65. The molecule has 5 heteroatoms. The molecule has 0 unspecified atom stereocenters. The quantitative estimate of drug-likeness (QED) is 0.657. The van der Waals surface area contributed by atoms with Gasteiger partial charge in [0, 0.05) is 24.2 Å². The van der Waals surface area contributed by atoms with Gasteiger partial charge in [-0.2, -0.15) is 4.98 Å². The lowest BCUT2D eigenvalue weighted by Crippen LogP contribution is -2.17. The van der Waals surface area contributed by atoms with E-state index >= 15 is 0 Å². The van der Waals surface area contributed by atoms with Crippen LogP contribution >= 0.6 is 0 Å². The lowest BCUT2D eigenvalue weighted by molar-refractivity contribution is 0.405. The summed E-state index contributed by atoms with van der Waals surface area (Å²) in [5, 5.41) is 6.97. The van der Waals surface area contributed by atoms with Crippen molar-refractivity contribution in [3.8, 4) is 0 Å². The van der Waals surface area contributed by atoms with Gasteiger partial charge in [-0.1, -0.05) is 25.1 Å². The Labute approximate surface area is 157 Å². The molecular formula is C21H31N5. The van der Waals surface area contributed by atoms with Crippen LogP contribution in [0.4, 0.5) is 17.5 Å². The first kappa shape index (κ1) is 18.6. The fourth-order valence-electron chi connectivity index (χ4n) is 3.12. The molecule has 1 aromatic carbocycles. The summed E-state index contributed by atoms with van der Waals surface area (Å²) in [6.07, 6.45) is 4.55. The number of hydrogen-bond donors (Lipinski definition) is 2. The lowest BCUT2D eigenvalue weighted by atomic mass is 10.1. The van der Waals surface area contributed by atoms with Gasteiger partial charge >= 0.3 is 0 Å². The normalized spacial score (nSPS) is 13.9. The average molecular weight is 354 g/mol. The molecule has 0 amide bonds. The Morgan fingerprint density at radius 1 is 1.19 bits per heavy atom. The molecule has 1 fully saturated rings. The van der Waals surface area contributed by atoms with E-state index in [-0.39, 0.29) is 0 Å². The highest BCUT2D eigenvalue weighted by Crippen LogP contribution is 2.40. The maximum atomic E-state index is 4.74. The molecule has 1 heterocycles. The average Bonchev–Trinajstić information content (AvgIpc) is 3.45. The summed E-state index contributed by atoms with van der Waals surface area (Å²) in [6.45, 7) is 6.28. The Kier molecular flexibility index (Phi) is 6.09. The molecular weight excluding hydrogens is 322 g/mol. The van der Waals surface area contributed by atoms with Crippen LogP contribution in [-0.4, -0.2) is 42.1 Å². The Bertz CT molecular complexity index is 737. The first-order chi connectivity index (χ1) is 12.6. The molecule has 0 atom stereocenters. The number of aryl methyl sites for hydroxylation is 2. The number of benzene rings is 1. The second-order valence-electron chi connectivity index (χ2n) is 7.45. The Hall–Kier alpha value is -2.14. The van der Waals surface area contributed by atoms with E-state index in [4.69, 9.17) is 9.97 Å². The van der Waals surface area contributed by atoms with Crippen LogP contribution in [0.25, 0.3) is 0 Å². The zero-order valence-electron chi connectivity index (χ0n) is 16.5. The van der Waals surface area contributed by atoms with E-state index in [0.717, 1.165) is 43.4 Å². The highest BCUT2D eigenvalue weighted by atomic mass is 15.1. The van der Waals surface area contributed by atoms with E-state index in [1.54, 1.807) is 0 Å². The minimum Gasteiger partial charge on any atom is -0.354 e. The number of para-hydroxylation sites is 1. The molecule has 0 spiro atoms. The summed E-state index contributed by atoms with van der Waals surface area (Å²) in [6, 6.07) is 8.56. The summed E-state index contributed by atoms with van der Waals surface area (Å²) < 4.78 is 0. The van der Waals surface area contributed by atoms with Gasteiger partial charge in [-0.15, -0.1) is 0 Å². The summed E-state index contributed by atoms with van der Waals surface area (Å²) in [5.41, 5.74) is 4.90. The van der Waals surface area contributed by atoms with E-state index < -0.39 is 0 Å². The van der Waals surface area contributed by atoms with Crippen molar-refractivity contribution in [3.63, 3.8) is 0 Å². The molecule has 0 aliphatic heterocycles. The summed E-state index contributed by atoms with van der Waals surface area (Å²) in [4.78, 5) is 11.7. The van der Waals surface area contributed by atoms with Gasteiger partial charge in [0.05, 0.1) is 5.69 Å². The molecule has 2 N–H and O–H groups in total. The van der Waals surface area contributed by atoms with Crippen molar-refractivity contribution in [2.24, 2.45) is 0 Å². The van der Waals surface area contributed by atoms with E-state index in [2.05, 4.69) is 67.7 Å². The molecule has 3 rings (SSSR count). The fourth-order valence-corrected chi connectivity index (χ4v) is 3.12. The second-order valence-corrected chi connectivity index (χ2v) is 7.45. The zero-order chi connectivity index (χ0) is 18.5. The molecule has 1 saturated carbocycles. The molecule has 140 valence electrons. The number of nitrogens with one attached hydrogen (secondary N) is 2. The zero-order valence-corrected chi connectivity index (χ0v) is 16.5. The topological polar surface area (TPSA) is 53.1 Å². The highest BCUT2D eigenvalue weighted by Gasteiger charge is 2.26. The number of rotatable bonds is 9. The van der Waals surface area contributed by atoms with E-state index in [1.807, 2.05) is 0 Å². The lowest BCUT2D eigenvalue weighted by Gasteiger charge is -2.15. The molecule has 0 saturated heterocycles. The van der Waals surface area contributed by atoms with Gasteiger partial charge < -0.3 is 15.5 Å². The van der Waals surface area contributed by atoms with Gasteiger partial charge in [0.15, 0.2) is 0 Å². The predicted octanol–water partition coefficient (Wildman–Crippen LogP) is 4.33. The smallest absolute Gasteiger partial charge is 0.224 e. The van der Waals surface area contributed by atoms with Crippen LogP contribution in [0.5, 0.6) is 0 Å². The number of hydrogen-bond acceptors (Lipinski definition) is 5. The summed E-state index contributed by atoms with van der Waals surface area (Å²) in [5.74, 6) is 2.23. The van der Waals surface area contributed by atoms with Crippen LogP contribution < -0.4 is 10.6 Å². The largest absolute Gasteiger partial charge is 0.354 e. The standard InChI is InChI=1S/C21H31N5/c1-5-16-9-6-8-15(2)20(16)24-19-14-18(17-10-11-17)23-21(25-19)22-12-7-13-26(3)4/h6,8-9,14,17H,5,7,10-13H2,1-4H3,(H2,22,23,24,25). The van der Waals surface area contributed by atoms with E-state index in [1.165, 1.54) is 29.7 Å². The van der Waals surface area contributed by atoms with Crippen molar-refractivity contribution in [1.29, 1.82) is 0 Å². The minimum atomic E-state index is 0.600. The summed E-state index contributed by atoms with van der Waals surface area (Å²) in [7, 11) is 4.19. The van der Waals surface area contributed by atoms with E-state index in [0.29, 0.717) is 5.92 Å². The van der Waals surface area contributed by atoms with Crippen molar-refractivity contribution in [1.82, 2.24) is 14.9 Å². The molecule has 0 radical (unpaired) electrons. The minimum absolute atomic E-state index is 0.600. The van der Waals surface area contributed by atoms with Crippen molar-refractivity contribution in [2.75, 3.05) is 37.8 Å². The van der Waals surface area contributed by atoms with Gasteiger partial charge in [-0.05, 0) is 64.4 Å². The van der Waals surface area contributed by atoms with Gasteiger partial charge in [0.1, 0.15) is 5.82 Å². The number of nitrogens with zero attached hydrogens (tertiary/aromatic N) is 3. The molecule has 2 aromatic rings. The number of aromatic nitrogens is 2. The van der Waals surface area contributed by atoms with Crippen LogP contribution in [-0.2, 0) is 6.42 Å². The maximum Gasteiger partial charge on any atom is 0.224 e. The van der Waals surface area contributed by atoms with Gasteiger partial charge in [-0.25, -0.2) is 4.98 Å². The van der Waals surface area contributed by atoms with Crippen molar-refractivity contribution in [2.45, 2.75) is 45.4 Å². The Morgan fingerprint density at radius 2 is 2.00 bits per heavy atom. The fraction of sp³-hybridized carbons (Fsp3) is 0.524. The SMILES string of the molecule is CCc1cccc(C)c1Nc1cc(C2CC2)nc(NCCCN(C)C)n1. The van der Waals surface area contributed by atoms with Gasteiger partial charge in [0.2, 0.25) is 5.95 Å². The second kappa shape index (κ2) is 8.49. The molecule has 1 aliphatic rings. The Morgan fingerprint density at radius 3 is 2.69 bits per heavy atom. The van der Waals surface area contributed by atoms with Crippen LogP contribution in [0.15, 0.2) is 24.3 Å². The third-order valence-electron chi connectivity index (χ3n) is 4.80. The molecule has 26 heavy (non-hydrogen) atoms. The van der Waals surface area contributed by atoms with Crippen LogP contribution in [0, 0.1) is 6.92 Å².